The molecule has 0 bridgehead atoms. The van der Waals surface area contributed by atoms with E-state index in [0.29, 0.717) is 0 Å². The maximum Gasteiger partial charge on any atom is -0.0572 e. The quantitative estimate of drug-likeness (QED) is 0.420. The molecular formula is C8H14. The molecule has 0 rings (SSSR count). The maximum atomic E-state index is 3.12. The third kappa shape index (κ3) is 89.3. The average Bonchev–Trinajstić information content (AvgIpc) is 1.75. The summed E-state index contributed by atoms with van der Waals surface area (Å²) < 4.78 is 0. The summed E-state index contributed by atoms with van der Waals surface area (Å²) in [7, 11) is 0. The molecule has 0 nitrogen and oxygen atoms in total. The first-order chi connectivity index (χ1) is 3.83. The highest BCUT2D eigenvalue weighted by Crippen LogP contribution is 1.16. The van der Waals surface area contributed by atoms with E-state index in [1.807, 2.05) is 13.8 Å². The summed E-state index contributed by atoms with van der Waals surface area (Å²) in [5, 5.41) is 0. The van der Waals surface area contributed by atoms with Crippen molar-refractivity contribution in [3.63, 3.8) is 0 Å². The predicted molar refractivity (Wildman–Crippen MR) is 40.9 cm³/mol. The topological polar surface area (TPSA) is 0 Å². The van der Waals surface area contributed by atoms with E-state index in [0.717, 1.165) is 0 Å². The predicted octanol–water partition coefficient (Wildman–Crippen LogP) is 2.94. The van der Waals surface area contributed by atoms with Crippen LogP contribution in [0.4, 0.5) is 0 Å². The molecule has 8 heavy (non-hydrogen) atoms. The van der Waals surface area contributed by atoms with Crippen molar-refractivity contribution >= 4 is 0 Å². The van der Waals surface area contributed by atoms with Crippen molar-refractivity contribution in [2.24, 2.45) is 0 Å². The Kier molecular flexibility index (Phi) is 279. The number of hydrogen-bond donors (Lipinski definition) is 0. The lowest BCUT2D eigenvalue weighted by atomic mass is 11.0. The van der Waals surface area contributed by atoms with E-state index in [9.17, 15) is 0 Å². The Morgan fingerprint density at radius 2 is 0.750 bits per heavy atom. The summed E-state index contributed by atoms with van der Waals surface area (Å²) >= 11 is 0. The highest BCUT2D eigenvalue weighted by atomic mass is 13.0. The highest BCUT2D eigenvalue weighted by Gasteiger charge is 0.932. The van der Waals surface area contributed by atoms with Gasteiger partial charge in [-0.3, -0.25) is 0 Å². The third-order valence-electron chi connectivity index (χ3n) is 0. The molecule has 0 fully saturated rings. The fourth-order valence-corrected chi connectivity index (χ4v) is 0. The van der Waals surface area contributed by atoms with Gasteiger partial charge in [0, 0.05) is 0 Å². The van der Waals surface area contributed by atoms with E-state index in [-0.39, 0.29) is 0 Å². The van der Waals surface area contributed by atoms with E-state index < -0.39 is 0 Å². The molecule has 0 spiro atoms. The summed E-state index contributed by atoms with van der Waals surface area (Å²) in [4.78, 5) is 0. The molecule has 0 aliphatic carbocycles. The van der Waals surface area contributed by atoms with Crippen LogP contribution in [0.2, 0.25) is 0 Å². The molecule has 0 N–H and O–H groups in total. The van der Waals surface area contributed by atoms with E-state index in [4.69, 9.17) is 0 Å². The monoisotopic (exact) mass is 110 g/mol. The Hall–Kier alpha value is -0.960. The van der Waals surface area contributed by atoms with Gasteiger partial charge in [0.25, 0.3) is 0 Å². The van der Waals surface area contributed by atoms with Gasteiger partial charge in [-0.05, 0) is 0 Å². The van der Waals surface area contributed by atoms with Gasteiger partial charge in [0.05, 0.1) is 0 Å². The minimum absolute atomic E-state index is 2.00. The standard InChI is InChI=1S/2C3H4.C2H6/c2*1-3-2;1-2/h2*1-2H2;1-2H3. The van der Waals surface area contributed by atoms with Crippen LogP contribution in [0.15, 0.2) is 37.8 Å². The van der Waals surface area contributed by atoms with Crippen LogP contribution < -0.4 is 0 Å². The molecule has 0 aromatic heterocycles. The van der Waals surface area contributed by atoms with Crippen molar-refractivity contribution < 1.29 is 0 Å². The van der Waals surface area contributed by atoms with Gasteiger partial charge in [0.2, 0.25) is 0 Å². The second kappa shape index (κ2) is 142. The normalized spacial score (nSPS) is 2.75. The fourth-order valence-electron chi connectivity index (χ4n) is 0. The zero-order chi connectivity index (χ0) is 7.41. The minimum atomic E-state index is 2.00. The summed E-state index contributed by atoms with van der Waals surface area (Å²) in [6.45, 7) is 16.5. The van der Waals surface area contributed by atoms with Gasteiger partial charge < -0.3 is 0 Å². The van der Waals surface area contributed by atoms with Crippen molar-refractivity contribution in [1.29, 1.82) is 0 Å². The van der Waals surface area contributed by atoms with Crippen molar-refractivity contribution in [2.45, 2.75) is 13.8 Å². The molecule has 0 saturated heterocycles. The third-order valence-corrected chi connectivity index (χ3v) is 0. The number of hydrogen-bond acceptors (Lipinski definition) is 0. The average molecular weight is 110 g/mol. The Bertz CT molecular complexity index is 54.0. The molecule has 46 valence electrons. The summed E-state index contributed by atoms with van der Waals surface area (Å²) in [6.07, 6.45) is 0. The van der Waals surface area contributed by atoms with Gasteiger partial charge in [0.1, 0.15) is 0 Å². The smallest absolute Gasteiger partial charge is 0.0572 e. The lowest BCUT2D eigenvalue weighted by Gasteiger charge is -1.10. The molecule has 0 amide bonds. The summed E-state index contributed by atoms with van der Waals surface area (Å²) in [5.74, 6) is 0. The first kappa shape index (κ1) is 15.7. The van der Waals surface area contributed by atoms with Gasteiger partial charge in [-0.25, -0.2) is 0 Å². The molecule has 0 aromatic carbocycles. The van der Waals surface area contributed by atoms with Gasteiger partial charge in [-0.2, -0.15) is 0 Å². The summed E-state index contributed by atoms with van der Waals surface area (Å²) in [5.41, 5.74) is 4.50. The second-order valence-corrected chi connectivity index (χ2v) is 0.500. The van der Waals surface area contributed by atoms with E-state index in [1.54, 1.807) is 0 Å². The Balaban J connectivity index is -0.0000000483. The van der Waals surface area contributed by atoms with Gasteiger partial charge in [0.15, 0.2) is 0 Å². The first-order valence-corrected chi connectivity index (χ1v) is 2.41. The molecular weight excluding hydrogens is 96.1 g/mol. The van der Waals surface area contributed by atoms with Gasteiger partial charge in [-0.1, -0.05) is 40.2 Å². The van der Waals surface area contributed by atoms with Crippen molar-refractivity contribution in [2.75, 3.05) is 0 Å². The largest absolute Gasteiger partial charge is 0.137 e. The highest BCUT2D eigenvalue weighted by molar-refractivity contribution is 4.52. The van der Waals surface area contributed by atoms with Crippen LogP contribution >= 0.6 is 0 Å². The van der Waals surface area contributed by atoms with Crippen LogP contribution in [0.3, 0.4) is 0 Å². The molecule has 0 aliphatic rings. The van der Waals surface area contributed by atoms with Crippen molar-refractivity contribution in [3.8, 4) is 0 Å². The zero-order valence-corrected chi connectivity index (χ0v) is 5.83. The molecule has 0 radical (unpaired) electrons. The van der Waals surface area contributed by atoms with Crippen LogP contribution in [0, 0.1) is 0 Å². The number of rotatable bonds is 0. The Labute approximate surface area is 52.5 Å². The van der Waals surface area contributed by atoms with Crippen LogP contribution in [0.25, 0.3) is 0 Å². The van der Waals surface area contributed by atoms with E-state index >= 15 is 0 Å². The van der Waals surface area contributed by atoms with Crippen LogP contribution in [-0.4, -0.2) is 0 Å². The van der Waals surface area contributed by atoms with Crippen molar-refractivity contribution in [1.82, 2.24) is 0 Å². The molecule has 0 aliphatic heterocycles. The van der Waals surface area contributed by atoms with Gasteiger partial charge in [-0.15, -0.1) is 11.5 Å². The van der Waals surface area contributed by atoms with E-state index in [1.165, 1.54) is 0 Å². The molecule has 0 atom stereocenters. The molecule has 0 heterocycles. The Morgan fingerprint density at radius 1 is 0.750 bits per heavy atom. The van der Waals surface area contributed by atoms with E-state index in [2.05, 4.69) is 37.8 Å². The van der Waals surface area contributed by atoms with Crippen LogP contribution in [0.1, 0.15) is 13.8 Å². The minimum Gasteiger partial charge on any atom is -0.137 e. The first-order valence-electron chi connectivity index (χ1n) is 2.41. The van der Waals surface area contributed by atoms with Crippen LogP contribution in [0.5, 0.6) is 0 Å². The van der Waals surface area contributed by atoms with Crippen molar-refractivity contribution in [3.05, 3.63) is 37.8 Å². The second-order valence-electron chi connectivity index (χ2n) is 0.500. The Morgan fingerprint density at radius 3 is 0.750 bits per heavy atom. The fraction of sp³-hybridized carbons (Fsp3) is 0.250. The lowest BCUT2D eigenvalue weighted by molar-refractivity contribution is 1.50. The van der Waals surface area contributed by atoms with Gasteiger partial charge >= 0.3 is 0 Å². The summed E-state index contributed by atoms with van der Waals surface area (Å²) in [6, 6.07) is 0. The molecule has 0 aromatic rings. The lowest BCUT2D eigenvalue weighted by Crippen LogP contribution is -0.856. The molecule has 0 unspecified atom stereocenters. The van der Waals surface area contributed by atoms with Crippen LogP contribution in [-0.2, 0) is 0 Å². The zero-order valence-electron chi connectivity index (χ0n) is 5.83. The maximum absolute atomic E-state index is 3.12. The molecule has 0 saturated carbocycles. The molecule has 0 heteroatoms. The SMILES string of the molecule is C=C=C.C=C=C.CC.